The average molecular weight is 194 g/mol. The van der Waals surface area contributed by atoms with Gasteiger partial charge in [0, 0.05) is 26.1 Å². The summed E-state index contributed by atoms with van der Waals surface area (Å²) in [7, 11) is 1.89. The number of aromatic nitrogens is 2. The Morgan fingerprint density at radius 1 is 1.50 bits per heavy atom. The van der Waals surface area contributed by atoms with E-state index in [-0.39, 0.29) is 0 Å². The van der Waals surface area contributed by atoms with Gasteiger partial charge in [0.25, 0.3) is 0 Å². The van der Waals surface area contributed by atoms with Gasteiger partial charge >= 0.3 is 0 Å². The minimum Gasteiger partial charge on any atom is -0.300 e. The van der Waals surface area contributed by atoms with E-state index < -0.39 is 0 Å². The first-order valence-corrected chi connectivity index (χ1v) is 5.21. The molecule has 14 heavy (non-hydrogen) atoms. The lowest BCUT2D eigenvalue weighted by atomic mass is 10.1. The van der Waals surface area contributed by atoms with Crippen molar-refractivity contribution in [2.75, 3.05) is 0 Å². The number of ketones is 1. The van der Waals surface area contributed by atoms with Crippen LogP contribution in [0.1, 0.15) is 38.2 Å². The second-order valence-corrected chi connectivity index (χ2v) is 3.66. The maximum absolute atomic E-state index is 11.4. The first kappa shape index (κ1) is 11.0. The van der Waals surface area contributed by atoms with Crippen LogP contribution < -0.4 is 0 Å². The second-order valence-electron chi connectivity index (χ2n) is 3.66. The molecule has 0 amide bonds. The highest BCUT2D eigenvalue weighted by Crippen LogP contribution is 2.05. The number of Topliss-reactive ketones (excluding diaryl/α,β-unsaturated/α-hetero) is 1. The Morgan fingerprint density at radius 3 is 2.86 bits per heavy atom. The van der Waals surface area contributed by atoms with E-state index in [0.29, 0.717) is 12.2 Å². The van der Waals surface area contributed by atoms with Crippen LogP contribution in [-0.4, -0.2) is 15.6 Å². The Labute approximate surface area is 85.1 Å². The molecular weight excluding hydrogens is 176 g/mol. The van der Waals surface area contributed by atoms with Gasteiger partial charge in [-0.1, -0.05) is 13.3 Å². The number of hydrogen-bond donors (Lipinski definition) is 0. The Bertz CT molecular complexity index is 291. The molecule has 0 fully saturated rings. The molecule has 1 heterocycles. The van der Waals surface area contributed by atoms with Crippen LogP contribution in [0.25, 0.3) is 0 Å². The summed E-state index contributed by atoms with van der Waals surface area (Å²) in [6.45, 7) is 2.11. The van der Waals surface area contributed by atoms with E-state index in [1.807, 2.05) is 19.4 Å². The minimum absolute atomic E-state index is 0.371. The summed E-state index contributed by atoms with van der Waals surface area (Å²) in [5.41, 5.74) is 1.15. The molecule has 0 radical (unpaired) electrons. The van der Waals surface area contributed by atoms with Crippen LogP contribution >= 0.6 is 0 Å². The number of unbranched alkanes of at least 4 members (excludes halogenated alkanes) is 1. The predicted octanol–water partition coefficient (Wildman–Crippen LogP) is 2.11. The fraction of sp³-hybridized carbons (Fsp3) is 0.636. The summed E-state index contributed by atoms with van der Waals surface area (Å²) in [6.07, 6.45) is 8.13. The number of aryl methyl sites for hydroxylation is 2. The van der Waals surface area contributed by atoms with Crippen LogP contribution in [-0.2, 0) is 18.3 Å². The molecule has 3 nitrogen and oxygen atoms in total. The second kappa shape index (κ2) is 5.58. The molecule has 78 valence electrons. The van der Waals surface area contributed by atoms with E-state index in [2.05, 4.69) is 12.0 Å². The molecule has 0 saturated heterocycles. The van der Waals surface area contributed by atoms with Gasteiger partial charge in [0.05, 0.1) is 6.20 Å². The quantitative estimate of drug-likeness (QED) is 0.695. The number of carbonyl (C=O) groups excluding carboxylic acids is 1. The summed E-state index contributed by atoms with van der Waals surface area (Å²) in [5.74, 6) is 0.371. The van der Waals surface area contributed by atoms with Gasteiger partial charge in [0.15, 0.2) is 0 Å². The molecule has 0 atom stereocenters. The number of hydrogen-bond acceptors (Lipinski definition) is 2. The van der Waals surface area contributed by atoms with Gasteiger partial charge in [-0.25, -0.2) is 0 Å². The zero-order chi connectivity index (χ0) is 10.4. The fourth-order valence-electron chi connectivity index (χ4n) is 1.38. The summed E-state index contributed by atoms with van der Waals surface area (Å²) in [4.78, 5) is 11.4. The molecule has 0 aromatic carbocycles. The highest BCUT2D eigenvalue weighted by atomic mass is 16.1. The topological polar surface area (TPSA) is 34.9 Å². The largest absolute Gasteiger partial charge is 0.300 e. The van der Waals surface area contributed by atoms with Gasteiger partial charge in [-0.05, 0) is 18.4 Å². The molecule has 0 unspecified atom stereocenters. The SMILES string of the molecule is CCCCC(=O)CCc1cnn(C)c1. The lowest BCUT2D eigenvalue weighted by Gasteiger charge is -1.97. The normalized spacial score (nSPS) is 10.4. The van der Waals surface area contributed by atoms with E-state index in [9.17, 15) is 4.79 Å². The molecule has 0 saturated carbocycles. The van der Waals surface area contributed by atoms with Gasteiger partial charge in [-0.2, -0.15) is 5.10 Å². The third kappa shape index (κ3) is 3.73. The van der Waals surface area contributed by atoms with E-state index in [1.165, 1.54) is 0 Å². The smallest absolute Gasteiger partial charge is 0.133 e. The molecule has 0 aliphatic heterocycles. The number of carbonyl (C=O) groups is 1. The van der Waals surface area contributed by atoms with Crippen LogP contribution in [0.4, 0.5) is 0 Å². The van der Waals surface area contributed by atoms with Crippen molar-refractivity contribution in [1.82, 2.24) is 9.78 Å². The maximum Gasteiger partial charge on any atom is 0.133 e. The fourth-order valence-corrected chi connectivity index (χ4v) is 1.38. The molecule has 3 heteroatoms. The van der Waals surface area contributed by atoms with Crippen molar-refractivity contribution in [2.24, 2.45) is 7.05 Å². The molecule has 1 rings (SSSR count). The Morgan fingerprint density at radius 2 is 2.29 bits per heavy atom. The Balaban J connectivity index is 2.23. The number of rotatable bonds is 6. The Hall–Kier alpha value is -1.12. The molecule has 0 aliphatic carbocycles. The van der Waals surface area contributed by atoms with Crippen LogP contribution in [0.2, 0.25) is 0 Å². The summed E-state index contributed by atoms with van der Waals surface area (Å²) >= 11 is 0. The lowest BCUT2D eigenvalue weighted by molar-refractivity contribution is -0.119. The maximum atomic E-state index is 11.4. The molecule has 0 aliphatic rings. The third-order valence-electron chi connectivity index (χ3n) is 2.26. The first-order valence-electron chi connectivity index (χ1n) is 5.21. The van der Waals surface area contributed by atoms with Gasteiger partial charge in [0.2, 0.25) is 0 Å². The van der Waals surface area contributed by atoms with Gasteiger partial charge < -0.3 is 0 Å². The van der Waals surface area contributed by atoms with Crippen LogP contribution in [0.15, 0.2) is 12.4 Å². The van der Waals surface area contributed by atoms with Crippen molar-refractivity contribution in [1.29, 1.82) is 0 Å². The molecule has 1 aromatic rings. The predicted molar refractivity (Wildman–Crippen MR) is 56.1 cm³/mol. The minimum atomic E-state index is 0.371. The highest BCUT2D eigenvalue weighted by Gasteiger charge is 2.02. The standard InChI is InChI=1S/C11H18N2O/c1-3-4-5-11(14)7-6-10-8-12-13(2)9-10/h8-9H,3-7H2,1-2H3. The molecule has 1 aromatic heterocycles. The van der Waals surface area contributed by atoms with Crippen molar-refractivity contribution in [2.45, 2.75) is 39.0 Å². The van der Waals surface area contributed by atoms with Crippen LogP contribution in [0.5, 0.6) is 0 Å². The van der Waals surface area contributed by atoms with Crippen molar-refractivity contribution < 1.29 is 4.79 Å². The molecule has 0 spiro atoms. The zero-order valence-electron chi connectivity index (χ0n) is 8.99. The summed E-state index contributed by atoms with van der Waals surface area (Å²) in [5, 5.41) is 4.06. The average Bonchev–Trinajstić information content (AvgIpc) is 2.58. The van der Waals surface area contributed by atoms with E-state index in [1.54, 1.807) is 4.68 Å². The monoisotopic (exact) mass is 194 g/mol. The van der Waals surface area contributed by atoms with Crippen molar-refractivity contribution in [3.63, 3.8) is 0 Å². The Kier molecular flexibility index (Phi) is 4.36. The lowest BCUT2D eigenvalue weighted by Crippen LogP contribution is -1.99. The van der Waals surface area contributed by atoms with Crippen LogP contribution in [0, 0.1) is 0 Å². The van der Waals surface area contributed by atoms with E-state index in [4.69, 9.17) is 0 Å². The molecule has 0 bridgehead atoms. The number of nitrogens with zero attached hydrogens (tertiary/aromatic N) is 2. The zero-order valence-corrected chi connectivity index (χ0v) is 8.99. The van der Waals surface area contributed by atoms with Crippen molar-refractivity contribution in [3.05, 3.63) is 18.0 Å². The van der Waals surface area contributed by atoms with Gasteiger partial charge in [-0.15, -0.1) is 0 Å². The van der Waals surface area contributed by atoms with Crippen LogP contribution in [0.3, 0.4) is 0 Å². The van der Waals surface area contributed by atoms with Gasteiger partial charge in [0.1, 0.15) is 5.78 Å². The highest BCUT2D eigenvalue weighted by molar-refractivity contribution is 5.78. The molecule has 0 N–H and O–H groups in total. The van der Waals surface area contributed by atoms with Gasteiger partial charge in [-0.3, -0.25) is 9.48 Å². The van der Waals surface area contributed by atoms with Crippen molar-refractivity contribution in [3.8, 4) is 0 Å². The third-order valence-corrected chi connectivity index (χ3v) is 2.26. The first-order chi connectivity index (χ1) is 6.72. The van der Waals surface area contributed by atoms with E-state index in [0.717, 1.165) is 31.2 Å². The summed E-state index contributed by atoms with van der Waals surface area (Å²) in [6, 6.07) is 0. The summed E-state index contributed by atoms with van der Waals surface area (Å²) < 4.78 is 1.77. The van der Waals surface area contributed by atoms with Crippen molar-refractivity contribution >= 4 is 5.78 Å². The molecular formula is C11H18N2O. The van der Waals surface area contributed by atoms with E-state index >= 15 is 0 Å².